The van der Waals surface area contributed by atoms with Crippen molar-refractivity contribution in [2.75, 3.05) is 26.8 Å². The van der Waals surface area contributed by atoms with Gasteiger partial charge in [0.15, 0.2) is 11.5 Å². The van der Waals surface area contributed by atoms with Crippen molar-refractivity contribution in [2.24, 2.45) is 0 Å². The highest BCUT2D eigenvalue weighted by atomic mass is 19.1. The summed E-state index contributed by atoms with van der Waals surface area (Å²) in [6.07, 6.45) is 0.0526. The molecule has 0 saturated carbocycles. The van der Waals surface area contributed by atoms with Gasteiger partial charge in [-0.1, -0.05) is 60.2 Å². The number of rotatable bonds is 9. The number of nitrogens with one attached hydrogen (secondary N) is 3. The summed E-state index contributed by atoms with van der Waals surface area (Å²) >= 11 is 0. The smallest absolute Gasteiger partial charge is 0.255 e. The lowest BCUT2D eigenvalue weighted by molar-refractivity contribution is -0.135. The zero-order chi connectivity index (χ0) is 37.0. The van der Waals surface area contributed by atoms with Crippen LogP contribution in [0.2, 0.25) is 0 Å². The fourth-order valence-electron chi connectivity index (χ4n) is 5.56. The second-order valence-electron chi connectivity index (χ2n) is 12.7. The molecular weight excluding hydrogens is 667 g/mol. The summed E-state index contributed by atoms with van der Waals surface area (Å²) in [6, 6.07) is 24.6. The molecule has 11 nitrogen and oxygen atoms in total. The van der Waals surface area contributed by atoms with Crippen molar-refractivity contribution in [2.45, 2.75) is 51.2 Å². The van der Waals surface area contributed by atoms with Gasteiger partial charge < -0.3 is 35.1 Å². The Labute approximate surface area is 302 Å². The second-order valence-corrected chi connectivity index (χ2v) is 12.7. The van der Waals surface area contributed by atoms with Gasteiger partial charge in [0.2, 0.25) is 17.7 Å². The number of carbonyl (C=O) groups is 4. The number of nitrogens with zero attached hydrogens (tertiary/aromatic N) is 1. The number of amides is 4. The van der Waals surface area contributed by atoms with E-state index >= 15 is 0 Å². The third-order valence-corrected chi connectivity index (χ3v) is 8.42. The van der Waals surface area contributed by atoms with E-state index in [9.17, 15) is 23.6 Å². The van der Waals surface area contributed by atoms with Gasteiger partial charge in [-0.05, 0) is 62.2 Å². The fourth-order valence-corrected chi connectivity index (χ4v) is 5.56. The second kappa shape index (κ2) is 17.8. The number of benzene rings is 4. The van der Waals surface area contributed by atoms with E-state index in [0.29, 0.717) is 5.75 Å². The van der Waals surface area contributed by atoms with Crippen molar-refractivity contribution < 1.29 is 37.8 Å². The lowest BCUT2D eigenvalue weighted by atomic mass is 10.0. The van der Waals surface area contributed by atoms with Crippen LogP contribution in [0.4, 0.5) is 4.39 Å². The van der Waals surface area contributed by atoms with Gasteiger partial charge >= 0.3 is 0 Å². The summed E-state index contributed by atoms with van der Waals surface area (Å²) in [5, 5.41) is 8.45. The first-order valence-electron chi connectivity index (χ1n) is 17.1. The van der Waals surface area contributed by atoms with Gasteiger partial charge in [0.25, 0.3) is 5.91 Å². The maximum atomic E-state index is 14.1. The van der Waals surface area contributed by atoms with Gasteiger partial charge in [0, 0.05) is 26.0 Å². The molecule has 0 spiro atoms. The van der Waals surface area contributed by atoms with Crippen LogP contribution in [-0.4, -0.2) is 73.5 Å². The van der Waals surface area contributed by atoms with Crippen LogP contribution in [0.15, 0.2) is 97.1 Å². The molecule has 4 aromatic carbocycles. The minimum Gasteiger partial charge on any atom is -0.491 e. The highest BCUT2D eigenvalue weighted by Crippen LogP contribution is 2.32. The molecule has 4 aromatic rings. The van der Waals surface area contributed by atoms with Crippen LogP contribution in [-0.2, 0) is 20.8 Å². The van der Waals surface area contributed by atoms with Crippen LogP contribution in [0.25, 0.3) is 0 Å². The van der Waals surface area contributed by atoms with Crippen molar-refractivity contribution in [1.82, 2.24) is 20.9 Å². The number of ether oxygens (including phenoxy) is 3. The SMILES string of the molecule is Cc1ccc(Oc2cc(F)ccc2OC[C@@H](C)NC(=O)[C@@H]2CCC(=O)N[C@@H](Cc3ccccc3)C(=O)N(C)CCOc3ccccc3C(=O)N2)cc1. The Morgan fingerprint density at radius 1 is 0.962 bits per heavy atom. The van der Waals surface area contributed by atoms with E-state index in [2.05, 4.69) is 16.0 Å². The van der Waals surface area contributed by atoms with Crippen molar-refractivity contribution in [3.8, 4) is 23.0 Å². The number of hydrogen-bond donors (Lipinski definition) is 3. The highest BCUT2D eigenvalue weighted by Gasteiger charge is 2.29. The van der Waals surface area contributed by atoms with E-state index in [1.54, 1.807) is 50.4 Å². The zero-order valence-corrected chi connectivity index (χ0v) is 29.4. The van der Waals surface area contributed by atoms with Gasteiger partial charge in [0.1, 0.15) is 42.6 Å². The molecule has 0 aromatic heterocycles. The lowest BCUT2D eigenvalue weighted by Gasteiger charge is -2.25. The molecule has 272 valence electrons. The van der Waals surface area contributed by atoms with Gasteiger partial charge in [-0.2, -0.15) is 0 Å². The van der Waals surface area contributed by atoms with Crippen molar-refractivity contribution in [3.63, 3.8) is 0 Å². The molecule has 1 aliphatic heterocycles. The number of likely N-dealkylation sites (N-methyl/N-ethyl adjacent to an activating group) is 1. The molecule has 1 aliphatic rings. The Morgan fingerprint density at radius 3 is 2.46 bits per heavy atom. The van der Waals surface area contributed by atoms with Crippen molar-refractivity contribution >= 4 is 23.6 Å². The molecule has 5 rings (SSSR count). The molecule has 0 saturated heterocycles. The van der Waals surface area contributed by atoms with Crippen LogP contribution >= 0.6 is 0 Å². The number of fused-ring (bicyclic) bond motifs is 1. The molecule has 4 amide bonds. The molecule has 52 heavy (non-hydrogen) atoms. The maximum Gasteiger partial charge on any atom is 0.255 e. The summed E-state index contributed by atoms with van der Waals surface area (Å²) in [4.78, 5) is 55.5. The standard InChI is InChI=1S/C40H43FN4O7/c1-26-13-16-30(17-14-26)52-36-24-29(41)15-19-35(36)51-25-27(2)42-39(48)32-18-20-37(46)43-33(23-28-9-5-4-6-10-28)40(49)45(3)21-22-50-34-12-8-7-11-31(34)38(47)44-32/h4-17,19,24,27,32-33H,18,20-23,25H2,1-3H3,(H,42,48)(H,43,46)(H,44,47)/t27-,32+,33+/m1/s1. The zero-order valence-electron chi connectivity index (χ0n) is 29.4. The summed E-state index contributed by atoms with van der Waals surface area (Å²) in [6.45, 7) is 3.93. The van der Waals surface area contributed by atoms with E-state index in [-0.39, 0.29) is 67.7 Å². The Morgan fingerprint density at radius 2 is 1.69 bits per heavy atom. The first kappa shape index (κ1) is 37.3. The van der Waals surface area contributed by atoms with Crippen LogP contribution in [0, 0.1) is 12.7 Å². The average molecular weight is 711 g/mol. The van der Waals surface area contributed by atoms with Crippen LogP contribution < -0.4 is 30.2 Å². The highest BCUT2D eigenvalue weighted by molar-refractivity contribution is 6.00. The van der Waals surface area contributed by atoms with Gasteiger partial charge in [-0.25, -0.2) is 4.39 Å². The summed E-state index contributed by atoms with van der Waals surface area (Å²) < 4.78 is 31.9. The minimum absolute atomic E-state index is 0.0176. The summed E-state index contributed by atoms with van der Waals surface area (Å²) in [5.41, 5.74) is 2.11. The molecule has 0 radical (unpaired) electrons. The largest absolute Gasteiger partial charge is 0.491 e. The first-order valence-corrected chi connectivity index (χ1v) is 17.1. The molecule has 1 heterocycles. The monoisotopic (exact) mass is 710 g/mol. The molecule has 0 unspecified atom stereocenters. The van der Waals surface area contributed by atoms with Crippen LogP contribution in [0.1, 0.15) is 41.3 Å². The van der Waals surface area contributed by atoms with Crippen molar-refractivity contribution in [3.05, 3.63) is 120 Å². The number of aryl methyl sites for hydroxylation is 1. The molecule has 12 heteroatoms. The van der Waals surface area contributed by atoms with Crippen LogP contribution in [0.3, 0.4) is 0 Å². The molecular formula is C40H43FN4O7. The predicted molar refractivity (Wildman–Crippen MR) is 193 cm³/mol. The van der Waals surface area contributed by atoms with E-state index in [1.165, 1.54) is 23.1 Å². The quantitative estimate of drug-likeness (QED) is 0.223. The van der Waals surface area contributed by atoms with Gasteiger partial charge in [-0.15, -0.1) is 0 Å². The Kier molecular flexibility index (Phi) is 12.8. The number of halogens is 1. The van der Waals surface area contributed by atoms with Gasteiger partial charge in [0.05, 0.1) is 18.2 Å². The van der Waals surface area contributed by atoms with E-state index in [1.807, 2.05) is 49.4 Å². The summed E-state index contributed by atoms with van der Waals surface area (Å²) in [7, 11) is 1.63. The molecule has 3 N–H and O–H groups in total. The number of carbonyl (C=O) groups excluding carboxylic acids is 4. The third kappa shape index (κ3) is 10.5. The lowest BCUT2D eigenvalue weighted by Crippen LogP contribution is -2.51. The third-order valence-electron chi connectivity index (χ3n) is 8.42. The maximum absolute atomic E-state index is 14.1. The predicted octanol–water partition coefficient (Wildman–Crippen LogP) is 4.97. The molecule has 0 fully saturated rings. The molecule has 0 aliphatic carbocycles. The van der Waals surface area contributed by atoms with E-state index < -0.39 is 41.7 Å². The van der Waals surface area contributed by atoms with Crippen molar-refractivity contribution in [1.29, 1.82) is 0 Å². The summed E-state index contributed by atoms with van der Waals surface area (Å²) in [5.74, 6) is -1.14. The van der Waals surface area contributed by atoms with E-state index in [0.717, 1.165) is 11.1 Å². The van der Waals surface area contributed by atoms with E-state index in [4.69, 9.17) is 14.2 Å². The Hall–Kier alpha value is -5.91. The first-order chi connectivity index (χ1) is 25.0. The molecule has 0 bridgehead atoms. The molecule has 3 atom stereocenters. The Bertz CT molecular complexity index is 1850. The average Bonchev–Trinajstić information content (AvgIpc) is 3.13. The number of para-hydroxylation sites is 1. The number of hydrogen-bond acceptors (Lipinski definition) is 7. The van der Waals surface area contributed by atoms with Gasteiger partial charge in [-0.3, -0.25) is 19.2 Å². The fraction of sp³-hybridized carbons (Fsp3) is 0.300. The Balaban J connectivity index is 1.30. The van der Waals surface area contributed by atoms with Crippen LogP contribution in [0.5, 0.6) is 23.0 Å². The normalized spacial score (nSPS) is 17.6. The minimum atomic E-state index is -1.13. The topological polar surface area (TPSA) is 135 Å².